The van der Waals surface area contributed by atoms with Gasteiger partial charge >= 0.3 is 5.97 Å². The Bertz CT molecular complexity index is 664. The molecule has 2 rings (SSSR count). The standard InChI is InChI=1S/C14H16N4O4/c1-9(2)22-11-5-3-10(4-6-11)15-13(19)8-18-7-12(14(20)21)16-17-18/h3-7,9H,8H2,1-2H3,(H,15,19)(H,20,21). The fraction of sp³-hybridized carbons (Fsp3) is 0.286. The van der Waals surface area contributed by atoms with Crippen LogP contribution in [-0.4, -0.2) is 38.1 Å². The molecule has 22 heavy (non-hydrogen) atoms. The second-order valence-corrected chi connectivity index (χ2v) is 4.85. The van der Waals surface area contributed by atoms with Crippen LogP contribution in [0.5, 0.6) is 5.75 Å². The van der Waals surface area contributed by atoms with Crippen molar-refractivity contribution < 1.29 is 19.4 Å². The van der Waals surface area contributed by atoms with Gasteiger partial charge in [0, 0.05) is 5.69 Å². The number of carbonyl (C=O) groups excluding carboxylic acids is 1. The molecule has 1 aromatic heterocycles. The second-order valence-electron chi connectivity index (χ2n) is 4.85. The maximum atomic E-state index is 11.8. The van der Waals surface area contributed by atoms with Gasteiger partial charge in [-0.1, -0.05) is 5.21 Å². The topological polar surface area (TPSA) is 106 Å². The van der Waals surface area contributed by atoms with Crippen molar-refractivity contribution in [1.82, 2.24) is 15.0 Å². The smallest absolute Gasteiger partial charge is 0.358 e. The highest BCUT2D eigenvalue weighted by Gasteiger charge is 2.10. The lowest BCUT2D eigenvalue weighted by molar-refractivity contribution is -0.116. The lowest BCUT2D eigenvalue weighted by atomic mass is 10.3. The summed E-state index contributed by atoms with van der Waals surface area (Å²) in [6.45, 7) is 3.74. The van der Waals surface area contributed by atoms with E-state index in [-0.39, 0.29) is 24.2 Å². The third-order valence-corrected chi connectivity index (χ3v) is 2.57. The van der Waals surface area contributed by atoms with Crippen LogP contribution in [0.3, 0.4) is 0 Å². The molecule has 0 spiro atoms. The van der Waals surface area contributed by atoms with E-state index in [1.807, 2.05) is 13.8 Å². The summed E-state index contributed by atoms with van der Waals surface area (Å²) in [4.78, 5) is 22.5. The summed E-state index contributed by atoms with van der Waals surface area (Å²) in [6.07, 6.45) is 1.28. The molecule has 2 N–H and O–H groups in total. The Kier molecular flexibility index (Phi) is 4.72. The molecule has 2 aromatic rings. The zero-order valence-corrected chi connectivity index (χ0v) is 12.2. The molecule has 1 amide bonds. The van der Waals surface area contributed by atoms with Crippen LogP contribution >= 0.6 is 0 Å². The normalized spacial score (nSPS) is 10.5. The van der Waals surface area contributed by atoms with E-state index >= 15 is 0 Å². The number of amides is 1. The highest BCUT2D eigenvalue weighted by Crippen LogP contribution is 2.16. The van der Waals surface area contributed by atoms with Gasteiger partial charge in [-0.3, -0.25) is 4.79 Å². The maximum Gasteiger partial charge on any atom is 0.358 e. The number of aromatic nitrogens is 3. The number of hydrogen-bond donors (Lipinski definition) is 2. The van der Waals surface area contributed by atoms with E-state index < -0.39 is 5.97 Å². The van der Waals surface area contributed by atoms with Crippen molar-refractivity contribution >= 4 is 17.6 Å². The molecular formula is C14H16N4O4. The monoisotopic (exact) mass is 304 g/mol. The predicted octanol–water partition coefficient (Wildman–Crippen LogP) is 1.40. The Hall–Kier alpha value is -2.90. The zero-order chi connectivity index (χ0) is 16.1. The number of nitrogens with zero attached hydrogens (tertiary/aromatic N) is 3. The molecule has 0 saturated heterocycles. The number of nitrogens with one attached hydrogen (secondary N) is 1. The molecule has 0 aliphatic rings. The van der Waals surface area contributed by atoms with Gasteiger partial charge in [0.15, 0.2) is 5.69 Å². The van der Waals surface area contributed by atoms with Gasteiger partial charge in [0.05, 0.1) is 12.3 Å². The predicted molar refractivity (Wildman–Crippen MR) is 77.8 cm³/mol. The van der Waals surface area contributed by atoms with Crippen molar-refractivity contribution in [3.8, 4) is 5.75 Å². The summed E-state index contributed by atoms with van der Waals surface area (Å²) >= 11 is 0. The van der Waals surface area contributed by atoms with Crippen LogP contribution in [0.15, 0.2) is 30.5 Å². The molecule has 0 saturated carbocycles. The highest BCUT2D eigenvalue weighted by atomic mass is 16.5. The van der Waals surface area contributed by atoms with Crippen molar-refractivity contribution in [1.29, 1.82) is 0 Å². The Morgan fingerprint density at radius 1 is 1.32 bits per heavy atom. The fourth-order valence-corrected chi connectivity index (χ4v) is 1.71. The van der Waals surface area contributed by atoms with Crippen LogP contribution in [0.4, 0.5) is 5.69 Å². The molecule has 0 fully saturated rings. The zero-order valence-electron chi connectivity index (χ0n) is 12.2. The molecule has 8 nitrogen and oxygen atoms in total. The minimum atomic E-state index is -1.19. The number of benzene rings is 1. The summed E-state index contributed by atoms with van der Waals surface area (Å²) in [5, 5.41) is 18.4. The molecule has 8 heteroatoms. The molecule has 0 aliphatic heterocycles. The van der Waals surface area contributed by atoms with Crippen LogP contribution in [0, 0.1) is 0 Å². The highest BCUT2D eigenvalue weighted by molar-refractivity contribution is 5.90. The fourth-order valence-electron chi connectivity index (χ4n) is 1.71. The molecule has 0 radical (unpaired) electrons. The Morgan fingerprint density at radius 2 is 2.00 bits per heavy atom. The van der Waals surface area contributed by atoms with Gasteiger partial charge in [0.2, 0.25) is 5.91 Å². The Balaban J connectivity index is 1.92. The first-order chi connectivity index (χ1) is 10.4. The number of carboxylic acid groups (broad SMARTS) is 1. The SMILES string of the molecule is CC(C)Oc1ccc(NC(=O)Cn2cc(C(=O)O)nn2)cc1. The Labute approximate surface area is 126 Å². The van der Waals surface area contributed by atoms with E-state index in [2.05, 4.69) is 15.6 Å². The number of ether oxygens (including phenoxy) is 1. The van der Waals surface area contributed by atoms with Gasteiger partial charge < -0.3 is 15.2 Å². The van der Waals surface area contributed by atoms with E-state index in [9.17, 15) is 9.59 Å². The number of rotatable bonds is 6. The van der Waals surface area contributed by atoms with Crippen LogP contribution in [0.2, 0.25) is 0 Å². The third kappa shape index (κ3) is 4.30. The van der Waals surface area contributed by atoms with Crippen molar-refractivity contribution in [3.63, 3.8) is 0 Å². The summed E-state index contributed by atoms with van der Waals surface area (Å²) in [5.41, 5.74) is 0.405. The first-order valence-electron chi connectivity index (χ1n) is 6.64. The van der Waals surface area contributed by atoms with Gasteiger partial charge in [-0.05, 0) is 38.1 Å². The van der Waals surface area contributed by atoms with Crippen molar-refractivity contribution in [2.75, 3.05) is 5.32 Å². The Morgan fingerprint density at radius 3 is 2.55 bits per heavy atom. The van der Waals surface area contributed by atoms with Crippen LogP contribution in [-0.2, 0) is 11.3 Å². The minimum absolute atomic E-state index is 0.0798. The molecular weight excluding hydrogens is 288 g/mol. The number of hydrogen-bond acceptors (Lipinski definition) is 5. The van der Waals surface area contributed by atoms with Gasteiger partial charge in [0.1, 0.15) is 12.3 Å². The summed E-state index contributed by atoms with van der Waals surface area (Å²) in [7, 11) is 0. The summed E-state index contributed by atoms with van der Waals surface area (Å²) in [6, 6.07) is 6.96. The van der Waals surface area contributed by atoms with E-state index in [4.69, 9.17) is 9.84 Å². The van der Waals surface area contributed by atoms with E-state index in [1.54, 1.807) is 24.3 Å². The van der Waals surface area contributed by atoms with Gasteiger partial charge in [-0.2, -0.15) is 0 Å². The first kappa shape index (κ1) is 15.5. The molecule has 0 atom stereocenters. The third-order valence-electron chi connectivity index (χ3n) is 2.57. The van der Waals surface area contributed by atoms with E-state index in [0.29, 0.717) is 5.69 Å². The second kappa shape index (κ2) is 6.70. The lowest BCUT2D eigenvalue weighted by Gasteiger charge is -2.10. The van der Waals surface area contributed by atoms with E-state index in [1.165, 1.54) is 6.20 Å². The quantitative estimate of drug-likeness (QED) is 0.835. The van der Waals surface area contributed by atoms with Crippen LogP contribution < -0.4 is 10.1 Å². The minimum Gasteiger partial charge on any atom is -0.491 e. The molecule has 116 valence electrons. The van der Waals surface area contributed by atoms with Gasteiger partial charge in [-0.15, -0.1) is 5.10 Å². The average Bonchev–Trinajstić information content (AvgIpc) is 2.89. The van der Waals surface area contributed by atoms with Gasteiger partial charge in [-0.25, -0.2) is 9.48 Å². The van der Waals surface area contributed by atoms with Gasteiger partial charge in [0.25, 0.3) is 0 Å². The summed E-state index contributed by atoms with van der Waals surface area (Å²) < 4.78 is 6.67. The number of carboxylic acids is 1. The molecule has 1 heterocycles. The van der Waals surface area contributed by atoms with Crippen LogP contribution in [0.1, 0.15) is 24.3 Å². The van der Waals surface area contributed by atoms with E-state index in [0.717, 1.165) is 10.4 Å². The number of aromatic carboxylic acids is 1. The summed E-state index contributed by atoms with van der Waals surface area (Å²) in [5.74, 6) is -0.804. The molecule has 0 unspecified atom stereocenters. The van der Waals surface area contributed by atoms with Crippen LogP contribution in [0.25, 0.3) is 0 Å². The molecule has 0 aliphatic carbocycles. The average molecular weight is 304 g/mol. The number of anilines is 1. The lowest BCUT2D eigenvalue weighted by Crippen LogP contribution is -2.19. The van der Waals surface area contributed by atoms with Crippen molar-refractivity contribution in [2.24, 2.45) is 0 Å². The van der Waals surface area contributed by atoms with Crippen molar-refractivity contribution in [2.45, 2.75) is 26.5 Å². The first-order valence-corrected chi connectivity index (χ1v) is 6.64. The largest absolute Gasteiger partial charge is 0.491 e. The number of carbonyl (C=O) groups is 2. The van der Waals surface area contributed by atoms with Crippen molar-refractivity contribution in [3.05, 3.63) is 36.2 Å². The molecule has 0 bridgehead atoms. The maximum absolute atomic E-state index is 11.8. The molecule has 1 aromatic carbocycles.